The van der Waals surface area contributed by atoms with Gasteiger partial charge in [0.25, 0.3) is 0 Å². The minimum absolute atomic E-state index is 0. The monoisotopic (exact) mass is 435 g/mol. The van der Waals surface area contributed by atoms with E-state index < -0.39 is 30.1 Å². The molecule has 1 heterocycles. The van der Waals surface area contributed by atoms with E-state index in [-0.39, 0.29) is 42.8 Å². The Hall–Kier alpha value is -2.39. The molecule has 2 aromatic carbocycles. The fraction of sp³-hybridized carbons (Fsp3) is 0.318. The Morgan fingerprint density at radius 2 is 1.52 bits per heavy atom. The van der Waals surface area contributed by atoms with Gasteiger partial charge in [-0.2, -0.15) is 0 Å². The first-order chi connectivity index (χ1) is 14.6. The first-order valence-corrected chi connectivity index (χ1v) is 9.69. The molecule has 159 valence electrons. The average molecular weight is 435 g/mol. The van der Waals surface area contributed by atoms with Crippen LogP contribution in [0.1, 0.15) is 17.5 Å². The molecule has 1 aliphatic rings. The number of ether oxygens (including phenoxy) is 2. The summed E-state index contributed by atoms with van der Waals surface area (Å²) >= 11 is 0. The summed E-state index contributed by atoms with van der Waals surface area (Å²) < 4.78 is 10.6. The molecule has 2 aromatic rings. The first-order valence-electron chi connectivity index (χ1n) is 9.69. The molecule has 1 saturated heterocycles. The van der Waals surface area contributed by atoms with Crippen LogP contribution in [0.25, 0.3) is 0 Å². The number of aliphatic carboxylic acids is 1. The Bertz CT molecular complexity index is 859. The number of nitrogens with zero attached hydrogens (tertiary/aromatic N) is 1. The predicted molar refractivity (Wildman–Crippen MR) is 113 cm³/mol. The minimum Gasteiger partial charge on any atom is -0.479 e. The maximum Gasteiger partial charge on any atom is 0.411 e. The number of hydrogen-bond donors (Lipinski definition) is 2. The SMILES string of the molecule is O=C(O)C(C(=O)OCc1ccccc1)N(C(=O)OCc1ccccc1)C1CCNC1.[Na]. The van der Waals surface area contributed by atoms with Crippen molar-refractivity contribution in [3.05, 3.63) is 71.8 Å². The van der Waals surface area contributed by atoms with Gasteiger partial charge in [-0.15, -0.1) is 0 Å². The normalized spacial score (nSPS) is 15.9. The van der Waals surface area contributed by atoms with E-state index in [1.54, 1.807) is 36.4 Å². The summed E-state index contributed by atoms with van der Waals surface area (Å²) in [4.78, 5) is 38.4. The number of rotatable bonds is 8. The zero-order valence-electron chi connectivity index (χ0n) is 17.4. The van der Waals surface area contributed by atoms with Gasteiger partial charge < -0.3 is 19.9 Å². The minimum atomic E-state index is -1.79. The second-order valence-electron chi connectivity index (χ2n) is 6.93. The maximum absolute atomic E-state index is 12.8. The van der Waals surface area contributed by atoms with Crippen molar-refractivity contribution in [1.82, 2.24) is 10.2 Å². The van der Waals surface area contributed by atoms with Gasteiger partial charge in [0.05, 0.1) is 6.04 Å². The summed E-state index contributed by atoms with van der Waals surface area (Å²) in [6, 6.07) is 15.7. The topological polar surface area (TPSA) is 105 Å². The number of esters is 1. The molecule has 1 fully saturated rings. The van der Waals surface area contributed by atoms with Crippen LogP contribution in [0.4, 0.5) is 4.79 Å². The van der Waals surface area contributed by atoms with Crippen molar-refractivity contribution in [3.63, 3.8) is 0 Å². The van der Waals surface area contributed by atoms with Crippen LogP contribution in [0.2, 0.25) is 0 Å². The van der Waals surface area contributed by atoms with Crippen LogP contribution in [0.5, 0.6) is 0 Å². The van der Waals surface area contributed by atoms with Crippen molar-refractivity contribution in [2.24, 2.45) is 0 Å². The Kier molecular flexibility index (Phi) is 10.00. The maximum atomic E-state index is 12.8. The zero-order valence-corrected chi connectivity index (χ0v) is 19.4. The molecule has 31 heavy (non-hydrogen) atoms. The summed E-state index contributed by atoms with van der Waals surface area (Å²) in [6.07, 6.45) is -0.354. The van der Waals surface area contributed by atoms with E-state index in [0.29, 0.717) is 19.5 Å². The number of hydrogen-bond acceptors (Lipinski definition) is 6. The second-order valence-corrected chi connectivity index (χ2v) is 6.93. The van der Waals surface area contributed by atoms with Crippen molar-refractivity contribution in [2.45, 2.75) is 31.7 Å². The number of benzene rings is 2. The molecule has 9 heteroatoms. The largest absolute Gasteiger partial charge is 0.479 e. The number of nitrogens with one attached hydrogen (secondary N) is 1. The number of carbonyl (C=O) groups excluding carboxylic acids is 2. The van der Waals surface area contributed by atoms with E-state index in [1.165, 1.54) is 0 Å². The molecule has 2 unspecified atom stereocenters. The van der Waals surface area contributed by atoms with Gasteiger partial charge in [0.2, 0.25) is 6.04 Å². The summed E-state index contributed by atoms with van der Waals surface area (Å²) in [6.45, 7) is 0.871. The van der Waals surface area contributed by atoms with Crippen LogP contribution in [-0.2, 0) is 32.3 Å². The van der Waals surface area contributed by atoms with Gasteiger partial charge in [-0.1, -0.05) is 60.7 Å². The fourth-order valence-corrected chi connectivity index (χ4v) is 3.28. The van der Waals surface area contributed by atoms with Crippen molar-refractivity contribution >= 4 is 47.6 Å². The molecule has 1 amide bonds. The van der Waals surface area contributed by atoms with E-state index in [1.807, 2.05) is 24.3 Å². The number of carbonyl (C=O) groups is 3. The molecule has 0 bridgehead atoms. The summed E-state index contributed by atoms with van der Waals surface area (Å²) in [5.41, 5.74) is 1.48. The van der Waals surface area contributed by atoms with Crippen molar-refractivity contribution in [3.8, 4) is 0 Å². The van der Waals surface area contributed by atoms with E-state index in [9.17, 15) is 19.5 Å². The summed E-state index contributed by atoms with van der Waals surface area (Å²) in [7, 11) is 0. The Morgan fingerprint density at radius 1 is 0.968 bits per heavy atom. The quantitative estimate of drug-likeness (QED) is 0.370. The third-order valence-corrected chi connectivity index (χ3v) is 4.80. The van der Waals surface area contributed by atoms with Gasteiger partial charge >= 0.3 is 18.0 Å². The van der Waals surface area contributed by atoms with Gasteiger partial charge in [-0.05, 0) is 24.1 Å². The molecule has 1 radical (unpaired) electrons. The number of amides is 1. The van der Waals surface area contributed by atoms with E-state index in [2.05, 4.69) is 5.32 Å². The van der Waals surface area contributed by atoms with E-state index in [4.69, 9.17) is 9.47 Å². The molecular formula is C22H24N2NaO6. The number of carboxylic acids is 1. The molecule has 2 atom stereocenters. The standard InChI is InChI=1S/C22H24N2O6.Na/c25-20(26)19(21(27)29-14-16-7-3-1-4-8-16)24(18-11-12-23-13-18)22(28)30-15-17-9-5-2-6-10-17;/h1-10,18-19,23H,11-15H2,(H,25,26);. The average Bonchev–Trinajstić information content (AvgIpc) is 3.29. The first kappa shape index (κ1) is 24.9. The zero-order chi connectivity index (χ0) is 21.3. The van der Waals surface area contributed by atoms with Crippen LogP contribution in [-0.4, -0.2) is 82.8 Å². The van der Waals surface area contributed by atoms with Crippen LogP contribution >= 0.6 is 0 Å². The Balaban J connectivity index is 0.00000341. The summed E-state index contributed by atoms with van der Waals surface area (Å²) in [5, 5.41) is 12.8. The molecule has 3 rings (SSSR count). The van der Waals surface area contributed by atoms with Crippen molar-refractivity contribution in [1.29, 1.82) is 0 Å². The van der Waals surface area contributed by atoms with Crippen LogP contribution in [0.3, 0.4) is 0 Å². The van der Waals surface area contributed by atoms with Gasteiger partial charge in [0.15, 0.2) is 0 Å². The number of carboxylic acid groups (broad SMARTS) is 1. The molecule has 0 spiro atoms. The molecule has 8 nitrogen and oxygen atoms in total. The smallest absolute Gasteiger partial charge is 0.411 e. The van der Waals surface area contributed by atoms with Crippen molar-refractivity contribution < 1.29 is 29.0 Å². The van der Waals surface area contributed by atoms with Crippen molar-refractivity contribution in [2.75, 3.05) is 13.1 Å². The van der Waals surface area contributed by atoms with Crippen LogP contribution in [0, 0.1) is 0 Å². The Labute approximate surface area is 202 Å². The van der Waals surface area contributed by atoms with E-state index >= 15 is 0 Å². The van der Waals surface area contributed by atoms with Gasteiger partial charge in [-0.3, -0.25) is 4.90 Å². The molecule has 0 aliphatic carbocycles. The molecular weight excluding hydrogens is 411 g/mol. The van der Waals surface area contributed by atoms with Gasteiger partial charge in [0.1, 0.15) is 13.2 Å². The van der Waals surface area contributed by atoms with Crippen LogP contribution in [0.15, 0.2) is 60.7 Å². The van der Waals surface area contributed by atoms with Crippen LogP contribution < -0.4 is 5.32 Å². The third-order valence-electron chi connectivity index (χ3n) is 4.80. The molecule has 0 aromatic heterocycles. The fourth-order valence-electron chi connectivity index (χ4n) is 3.28. The van der Waals surface area contributed by atoms with E-state index in [0.717, 1.165) is 16.0 Å². The molecule has 1 aliphatic heterocycles. The predicted octanol–water partition coefficient (Wildman–Crippen LogP) is 1.80. The van der Waals surface area contributed by atoms with Gasteiger partial charge in [0, 0.05) is 36.1 Å². The Morgan fingerprint density at radius 3 is 2.00 bits per heavy atom. The third kappa shape index (κ3) is 7.07. The summed E-state index contributed by atoms with van der Waals surface area (Å²) in [5.74, 6) is -2.47. The molecule has 0 saturated carbocycles. The van der Waals surface area contributed by atoms with Gasteiger partial charge in [-0.25, -0.2) is 14.4 Å². The molecule has 2 N–H and O–H groups in total. The second kappa shape index (κ2) is 12.5.